The molecule has 0 amide bonds. The second-order valence-electron chi connectivity index (χ2n) is 5.38. The van der Waals surface area contributed by atoms with Crippen molar-refractivity contribution in [3.05, 3.63) is 54.1 Å². The van der Waals surface area contributed by atoms with Gasteiger partial charge in [-0.15, -0.1) is 11.8 Å². The van der Waals surface area contributed by atoms with Crippen molar-refractivity contribution in [2.24, 2.45) is 0 Å². The largest absolute Gasteiger partial charge is 0.493 e. The van der Waals surface area contributed by atoms with E-state index in [0.29, 0.717) is 29.4 Å². The summed E-state index contributed by atoms with van der Waals surface area (Å²) in [5.74, 6) is 0.949. The second kappa shape index (κ2) is 7.15. The van der Waals surface area contributed by atoms with Crippen LogP contribution < -0.4 is 4.74 Å². The van der Waals surface area contributed by atoms with E-state index in [1.54, 1.807) is 17.8 Å². The fourth-order valence-corrected chi connectivity index (χ4v) is 6.12. The molecule has 3 rings (SSSR count). The third-order valence-corrected chi connectivity index (χ3v) is 6.98. The number of thioether (sulfide) groups is 1. The first-order valence-electron chi connectivity index (χ1n) is 7.45. The molecule has 1 atom stereocenters. The molecule has 2 aromatic rings. The minimum atomic E-state index is -2.78. The van der Waals surface area contributed by atoms with Crippen molar-refractivity contribution in [2.45, 2.75) is 21.5 Å². The van der Waals surface area contributed by atoms with Gasteiger partial charge < -0.3 is 9.84 Å². The highest BCUT2D eigenvalue weighted by Gasteiger charge is 2.35. The predicted octanol–water partition coefficient (Wildman–Crippen LogP) is 4.40. The molecule has 4 nitrogen and oxygen atoms in total. The van der Waals surface area contributed by atoms with E-state index >= 15 is 0 Å². The van der Waals surface area contributed by atoms with Gasteiger partial charge in [0.15, 0.2) is 0 Å². The highest BCUT2D eigenvalue weighted by molar-refractivity contribution is 8.25. The summed E-state index contributed by atoms with van der Waals surface area (Å²) in [6, 6.07) is 15.5. The minimum absolute atomic E-state index is 0.0314. The Morgan fingerprint density at radius 1 is 1.13 bits per heavy atom. The number of aliphatic hydroxyl groups is 1. The fraction of sp³-hybridized carbons (Fsp3) is 0.294. The van der Waals surface area contributed by atoms with Crippen molar-refractivity contribution >= 4 is 22.4 Å². The topological polar surface area (TPSA) is 69.9 Å². The van der Waals surface area contributed by atoms with E-state index in [-0.39, 0.29) is 11.9 Å². The molecule has 1 aliphatic heterocycles. The lowest BCUT2D eigenvalue weighted by Crippen LogP contribution is -2.01. The van der Waals surface area contributed by atoms with Gasteiger partial charge in [0.1, 0.15) is 5.75 Å². The normalized spacial score (nSPS) is 20.0. The summed E-state index contributed by atoms with van der Waals surface area (Å²) in [6.45, 7) is 0.493. The van der Waals surface area contributed by atoms with E-state index < -0.39 is 10.6 Å². The third-order valence-electron chi connectivity index (χ3n) is 3.66. The molecule has 0 aromatic heterocycles. The number of fused-ring (bicyclic) bond motifs is 1. The maximum Gasteiger partial charge on any atom is 0.121 e. The van der Waals surface area contributed by atoms with E-state index in [1.165, 1.54) is 0 Å². The van der Waals surface area contributed by atoms with E-state index in [2.05, 4.69) is 0 Å². The fourth-order valence-electron chi connectivity index (χ4n) is 2.56. The van der Waals surface area contributed by atoms with Crippen molar-refractivity contribution < 1.29 is 18.9 Å². The average molecular weight is 352 g/mol. The molecule has 0 saturated carbocycles. The lowest BCUT2D eigenvalue weighted by molar-refractivity contribution is 0.233. The highest BCUT2D eigenvalue weighted by Crippen LogP contribution is 2.63. The van der Waals surface area contributed by atoms with Gasteiger partial charge in [-0.1, -0.05) is 24.3 Å². The first-order valence-corrected chi connectivity index (χ1v) is 10.0. The summed E-state index contributed by atoms with van der Waals surface area (Å²) in [5.41, 5.74) is 0.966. The highest BCUT2D eigenvalue weighted by atomic mass is 32.3. The van der Waals surface area contributed by atoms with Gasteiger partial charge in [-0.25, -0.2) is 0 Å². The molecule has 0 bridgehead atoms. The average Bonchev–Trinajstić information content (AvgIpc) is 2.79. The number of ether oxygens (including phenoxy) is 1. The van der Waals surface area contributed by atoms with Crippen molar-refractivity contribution in [1.29, 1.82) is 0 Å². The molecule has 6 heteroatoms. The van der Waals surface area contributed by atoms with Gasteiger partial charge in [0, 0.05) is 24.0 Å². The SMILES string of the molecule is OCCCOc1ccc2c(c1)S(O)(O)CC2Sc1ccccc1. The van der Waals surface area contributed by atoms with Crippen molar-refractivity contribution in [3.8, 4) is 5.75 Å². The number of hydrogen-bond donors (Lipinski definition) is 3. The number of rotatable bonds is 6. The molecule has 0 spiro atoms. The maximum absolute atomic E-state index is 10.4. The first-order chi connectivity index (χ1) is 11.1. The predicted molar refractivity (Wildman–Crippen MR) is 94.7 cm³/mol. The van der Waals surface area contributed by atoms with Crippen LogP contribution in [0.15, 0.2) is 58.3 Å². The van der Waals surface area contributed by atoms with Crippen LogP contribution in [0.25, 0.3) is 0 Å². The van der Waals surface area contributed by atoms with Crippen LogP contribution in [0.5, 0.6) is 5.75 Å². The standard InChI is InChI=1S/C17H20O4S2/c18-9-4-10-21-13-7-8-15-16(12-23(19,20)17(15)11-13)22-14-5-2-1-3-6-14/h1-3,5-8,11,16,18-20H,4,9-10,12H2. The van der Waals surface area contributed by atoms with Crippen LogP contribution in [0.2, 0.25) is 0 Å². The van der Waals surface area contributed by atoms with Crippen LogP contribution in [0.1, 0.15) is 17.2 Å². The van der Waals surface area contributed by atoms with Crippen molar-refractivity contribution in [3.63, 3.8) is 0 Å². The molecule has 0 fully saturated rings. The Hall–Kier alpha value is -1.18. The summed E-state index contributed by atoms with van der Waals surface area (Å²) in [4.78, 5) is 1.70. The Balaban J connectivity index is 1.81. The zero-order valence-corrected chi connectivity index (χ0v) is 14.2. The molecule has 1 unspecified atom stereocenters. The molecule has 3 N–H and O–H groups in total. The van der Waals surface area contributed by atoms with Crippen LogP contribution in [0.3, 0.4) is 0 Å². The zero-order chi connectivity index (χ0) is 16.3. The van der Waals surface area contributed by atoms with Crippen molar-refractivity contribution in [1.82, 2.24) is 0 Å². The summed E-state index contributed by atoms with van der Waals surface area (Å²) in [5, 5.41) is 8.83. The van der Waals surface area contributed by atoms with Gasteiger partial charge in [0.2, 0.25) is 0 Å². The molecule has 23 heavy (non-hydrogen) atoms. The van der Waals surface area contributed by atoms with E-state index in [9.17, 15) is 9.11 Å². The summed E-state index contributed by atoms with van der Waals surface area (Å²) in [6.07, 6.45) is 0.555. The van der Waals surface area contributed by atoms with Gasteiger partial charge in [-0.2, -0.15) is 10.6 Å². The lowest BCUT2D eigenvalue weighted by atomic mass is 10.1. The molecular formula is C17H20O4S2. The third kappa shape index (κ3) is 3.84. The Bertz CT molecular complexity index is 661. The number of hydrogen-bond acceptors (Lipinski definition) is 5. The number of benzene rings is 2. The summed E-state index contributed by atoms with van der Waals surface area (Å²) in [7, 11) is -2.78. The van der Waals surface area contributed by atoms with E-state index in [0.717, 1.165) is 10.5 Å². The van der Waals surface area contributed by atoms with E-state index in [4.69, 9.17) is 9.84 Å². The Kier molecular flexibility index (Phi) is 5.18. The smallest absolute Gasteiger partial charge is 0.121 e. The quantitative estimate of drug-likeness (QED) is 0.672. The summed E-state index contributed by atoms with van der Waals surface area (Å²) < 4.78 is 26.4. The molecule has 0 saturated heterocycles. The Labute approximate surface area is 141 Å². The van der Waals surface area contributed by atoms with Crippen molar-refractivity contribution in [2.75, 3.05) is 19.0 Å². The molecule has 2 aromatic carbocycles. The van der Waals surface area contributed by atoms with E-state index in [1.807, 2.05) is 42.5 Å². The zero-order valence-electron chi connectivity index (χ0n) is 12.6. The molecule has 124 valence electrons. The molecule has 1 aliphatic rings. The Morgan fingerprint density at radius 2 is 1.91 bits per heavy atom. The van der Waals surface area contributed by atoms with Gasteiger partial charge in [-0.05, 0) is 23.8 Å². The van der Waals surface area contributed by atoms with Gasteiger partial charge in [0.05, 0.1) is 22.5 Å². The van der Waals surface area contributed by atoms with Crippen LogP contribution in [0.4, 0.5) is 0 Å². The summed E-state index contributed by atoms with van der Waals surface area (Å²) >= 11 is 1.65. The first kappa shape index (κ1) is 16.7. The molecular weight excluding hydrogens is 332 g/mol. The van der Waals surface area contributed by atoms with Crippen LogP contribution in [-0.4, -0.2) is 33.2 Å². The Morgan fingerprint density at radius 3 is 2.65 bits per heavy atom. The molecule has 0 radical (unpaired) electrons. The lowest BCUT2D eigenvalue weighted by Gasteiger charge is -2.27. The number of aliphatic hydroxyl groups excluding tert-OH is 1. The van der Waals surface area contributed by atoms with Crippen LogP contribution in [0, 0.1) is 0 Å². The molecule has 0 aliphatic carbocycles. The van der Waals surface area contributed by atoms with Crippen LogP contribution >= 0.6 is 22.4 Å². The van der Waals surface area contributed by atoms with Gasteiger partial charge >= 0.3 is 0 Å². The van der Waals surface area contributed by atoms with Gasteiger partial charge in [-0.3, -0.25) is 9.11 Å². The van der Waals surface area contributed by atoms with Gasteiger partial charge in [0.25, 0.3) is 0 Å². The van der Waals surface area contributed by atoms with Crippen LogP contribution in [-0.2, 0) is 0 Å². The molecule has 1 heterocycles. The monoisotopic (exact) mass is 352 g/mol. The maximum atomic E-state index is 10.4. The minimum Gasteiger partial charge on any atom is -0.493 e. The second-order valence-corrected chi connectivity index (χ2v) is 8.76.